The van der Waals surface area contributed by atoms with Crippen LogP contribution in [0.3, 0.4) is 0 Å². The number of anilines is 1. The van der Waals surface area contributed by atoms with Crippen LogP contribution in [0, 0.1) is 0 Å². The van der Waals surface area contributed by atoms with Crippen LogP contribution in [0.15, 0.2) is 18.2 Å². The summed E-state index contributed by atoms with van der Waals surface area (Å²) in [7, 11) is 1.65. The smallest absolute Gasteiger partial charge is 0.173 e. The number of hydrogen-bond donors (Lipinski definition) is 1. The van der Waals surface area contributed by atoms with E-state index in [-0.39, 0.29) is 0 Å². The third kappa shape index (κ3) is 3.55. The maximum Gasteiger partial charge on any atom is 0.173 e. The highest BCUT2D eigenvalue weighted by Gasteiger charge is 2.23. The Labute approximate surface area is 131 Å². The molecule has 1 heterocycles. The van der Waals surface area contributed by atoms with E-state index in [4.69, 9.17) is 28.6 Å². The summed E-state index contributed by atoms with van der Waals surface area (Å²) in [4.78, 5) is 2.29. The van der Waals surface area contributed by atoms with Crippen LogP contribution >= 0.6 is 23.8 Å². The van der Waals surface area contributed by atoms with Gasteiger partial charge in [0.2, 0.25) is 0 Å². The maximum atomic E-state index is 6.05. The number of benzene rings is 1. The van der Waals surface area contributed by atoms with Crippen molar-refractivity contribution in [3.05, 3.63) is 23.2 Å². The Bertz CT molecular complexity index is 481. The third-order valence-corrected chi connectivity index (χ3v) is 4.33. The van der Waals surface area contributed by atoms with E-state index in [1.54, 1.807) is 7.11 Å². The molecule has 0 amide bonds. The normalized spacial score (nSPS) is 18.8. The molecule has 3 nitrogen and oxygen atoms in total. The first-order valence-electron chi connectivity index (χ1n) is 7.07. The fourth-order valence-electron chi connectivity index (χ4n) is 2.66. The van der Waals surface area contributed by atoms with Crippen LogP contribution < -0.4 is 10.1 Å². The average molecular weight is 313 g/mol. The minimum absolute atomic E-state index is 0.536. The number of ether oxygens (including phenoxy) is 1. The zero-order chi connectivity index (χ0) is 14.5. The zero-order valence-electron chi connectivity index (χ0n) is 12.0. The van der Waals surface area contributed by atoms with E-state index in [0.717, 1.165) is 29.5 Å². The van der Waals surface area contributed by atoms with E-state index in [1.165, 1.54) is 19.3 Å². The average Bonchev–Trinajstić information content (AvgIpc) is 2.47. The van der Waals surface area contributed by atoms with E-state index in [2.05, 4.69) is 17.1 Å². The number of thiocarbonyl (C=S) groups is 1. The fourth-order valence-corrected chi connectivity index (χ4v) is 3.18. The number of piperidine rings is 1. The van der Waals surface area contributed by atoms with Gasteiger partial charge < -0.3 is 15.0 Å². The molecular weight excluding hydrogens is 292 g/mol. The molecule has 1 unspecified atom stereocenters. The van der Waals surface area contributed by atoms with Crippen LogP contribution in [0.1, 0.15) is 32.6 Å². The SMILES string of the molecule is CCC1CCCCN1C(=S)Nc1cc(Cl)ccc1OC. The molecule has 0 saturated carbocycles. The molecule has 1 saturated heterocycles. The first kappa shape index (κ1) is 15.4. The molecule has 110 valence electrons. The summed E-state index contributed by atoms with van der Waals surface area (Å²) in [5.41, 5.74) is 0.824. The highest BCUT2D eigenvalue weighted by atomic mass is 35.5. The van der Waals surface area contributed by atoms with E-state index in [9.17, 15) is 0 Å². The number of methoxy groups -OCH3 is 1. The van der Waals surface area contributed by atoms with E-state index < -0.39 is 0 Å². The Morgan fingerprint density at radius 2 is 2.30 bits per heavy atom. The van der Waals surface area contributed by atoms with Gasteiger partial charge in [-0.25, -0.2) is 0 Å². The minimum atomic E-state index is 0.536. The Hall–Kier alpha value is -1.00. The Balaban J connectivity index is 2.12. The number of likely N-dealkylation sites (tertiary alicyclic amines) is 1. The van der Waals surface area contributed by atoms with E-state index >= 15 is 0 Å². The lowest BCUT2D eigenvalue weighted by molar-refractivity contribution is 0.239. The molecule has 0 bridgehead atoms. The lowest BCUT2D eigenvalue weighted by Gasteiger charge is -2.37. The summed E-state index contributed by atoms with van der Waals surface area (Å²) in [5.74, 6) is 0.752. The molecule has 1 fully saturated rings. The van der Waals surface area contributed by atoms with Crippen LogP contribution in [0.2, 0.25) is 5.02 Å². The molecule has 1 aliphatic heterocycles. The molecule has 1 aliphatic rings. The molecule has 1 aromatic carbocycles. The summed E-state index contributed by atoms with van der Waals surface area (Å²) in [6.45, 7) is 3.23. The number of hydrogen-bond acceptors (Lipinski definition) is 2. The van der Waals surface area contributed by atoms with Crippen molar-refractivity contribution in [3.63, 3.8) is 0 Å². The quantitative estimate of drug-likeness (QED) is 0.841. The summed E-state index contributed by atoms with van der Waals surface area (Å²) < 4.78 is 5.34. The Morgan fingerprint density at radius 3 is 3.00 bits per heavy atom. The van der Waals surface area contributed by atoms with Gasteiger partial charge in [0, 0.05) is 17.6 Å². The molecular formula is C15H21ClN2OS. The molecule has 0 aromatic heterocycles. The lowest BCUT2D eigenvalue weighted by Crippen LogP contribution is -2.45. The number of nitrogens with zero attached hydrogens (tertiary/aromatic N) is 1. The standard InChI is InChI=1S/C15H21ClN2OS/c1-3-12-6-4-5-9-18(12)15(20)17-13-10-11(16)7-8-14(13)19-2/h7-8,10,12H,3-6,9H2,1-2H3,(H,17,20). The monoisotopic (exact) mass is 312 g/mol. The summed E-state index contributed by atoms with van der Waals surface area (Å²) >= 11 is 11.6. The number of rotatable bonds is 3. The van der Waals surface area contributed by atoms with Gasteiger partial charge in [0.1, 0.15) is 5.75 Å². The topological polar surface area (TPSA) is 24.5 Å². The van der Waals surface area contributed by atoms with Crippen molar-refractivity contribution in [2.45, 2.75) is 38.6 Å². The molecule has 5 heteroatoms. The van der Waals surface area contributed by atoms with Crippen molar-refractivity contribution < 1.29 is 4.74 Å². The van der Waals surface area contributed by atoms with Crippen LogP contribution in [-0.4, -0.2) is 29.7 Å². The largest absolute Gasteiger partial charge is 0.495 e. The first-order valence-corrected chi connectivity index (χ1v) is 7.85. The molecule has 1 N–H and O–H groups in total. The predicted molar refractivity (Wildman–Crippen MR) is 88.9 cm³/mol. The lowest BCUT2D eigenvalue weighted by atomic mass is 10.0. The van der Waals surface area contributed by atoms with Crippen molar-refractivity contribution in [1.29, 1.82) is 0 Å². The van der Waals surface area contributed by atoms with Gasteiger partial charge in [-0.2, -0.15) is 0 Å². The molecule has 2 rings (SSSR count). The van der Waals surface area contributed by atoms with Crippen molar-refractivity contribution in [3.8, 4) is 5.75 Å². The highest BCUT2D eigenvalue weighted by Crippen LogP contribution is 2.29. The Kier molecular flexibility index (Phi) is 5.49. The summed E-state index contributed by atoms with van der Waals surface area (Å²) in [6, 6.07) is 6.04. The summed E-state index contributed by atoms with van der Waals surface area (Å²) in [5, 5.41) is 4.71. The van der Waals surface area contributed by atoms with E-state index in [1.807, 2.05) is 18.2 Å². The molecule has 0 aliphatic carbocycles. The van der Waals surface area contributed by atoms with E-state index in [0.29, 0.717) is 11.1 Å². The first-order chi connectivity index (χ1) is 9.65. The van der Waals surface area contributed by atoms with Gasteiger partial charge in [0.15, 0.2) is 5.11 Å². The second-order valence-electron chi connectivity index (χ2n) is 5.03. The van der Waals surface area contributed by atoms with Gasteiger partial charge >= 0.3 is 0 Å². The second kappa shape index (κ2) is 7.14. The van der Waals surface area contributed by atoms with Gasteiger partial charge in [0.25, 0.3) is 0 Å². The second-order valence-corrected chi connectivity index (χ2v) is 5.85. The number of nitrogens with one attached hydrogen (secondary N) is 1. The maximum absolute atomic E-state index is 6.05. The van der Waals surface area contributed by atoms with Gasteiger partial charge in [-0.3, -0.25) is 0 Å². The van der Waals surface area contributed by atoms with Crippen LogP contribution in [-0.2, 0) is 0 Å². The van der Waals surface area contributed by atoms with Gasteiger partial charge in [0.05, 0.1) is 12.8 Å². The highest BCUT2D eigenvalue weighted by molar-refractivity contribution is 7.80. The molecule has 20 heavy (non-hydrogen) atoms. The van der Waals surface area contributed by atoms with Crippen LogP contribution in [0.5, 0.6) is 5.75 Å². The van der Waals surface area contributed by atoms with Crippen LogP contribution in [0.4, 0.5) is 5.69 Å². The van der Waals surface area contributed by atoms with Crippen molar-refractivity contribution >= 4 is 34.6 Å². The third-order valence-electron chi connectivity index (χ3n) is 3.76. The van der Waals surface area contributed by atoms with Crippen molar-refractivity contribution in [2.75, 3.05) is 19.0 Å². The molecule has 0 radical (unpaired) electrons. The van der Waals surface area contributed by atoms with Crippen LogP contribution in [0.25, 0.3) is 0 Å². The predicted octanol–water partition coefficient (Wildman–Crippen LogP) is 4.31. The number of halogens is 1. The minimum Gasteiger partial charge on any atom is -0.495 e. The van der Waals surface area contributed by atoms with Crippen molar-refractivity contribution in [2.24, 2.45) is 0 Å². The molecule has 1 atom stereocenters. The fraction of sp³-hybridized carbons (Fsp3) is 0.533. The van der Waals surface area contributed by atoms with Crippen molar-refractivity contribution in [1.82, 2.24) is 4.90 Å². The summed E-state index contributed by atoms with van der Waals surface area (Å²) in [6.07, 6.45) is 4.82. The molecule has 1 aromatic rings. The zero-order valence-corrected chi connectivity index (χ0v) is 13.6. The van der Waals surface area contributed by atoms with Gasteiger partial charge in [-0.15, -0.1) is 0 Å². The Morgan fingerprint density at radius 1 is 1.50 bits per heavy atom. The van der Waals surface area contributed by atoms with Gasteiger partial charge in [-0.1, -0.05) is 18.5 Å². The van der Waals surface area contributed by atoms with Gasteiger partial charge in [-0.05, 0) is 56.1 Å². The molecule has 0 spiro atoms.